The predicted molar refractivity (Wildman–Crippen MR) is 18.6 cm³/mol. The zero-order chi connectivity index (χ0) is 3.54. The third-order valence-electron chi connectivity index (χ3n) is 0.406. The van der Waals surface area contributed by atoms with Gasteiger partial charge in [-0.1, -0.05) is 0 Å². The molecule has 0 spiro atoms. The van der Waals surface area contributed by atoms with Gasteiger partial charge in [-0.3, -0.25) is 0 Å². The van der Waals surface area contributed by atoms with Crippen molar-refractivity contribution in [1.82, 2.24) is 9.97 Å². The Hall–Kier alpha value is -0.271. The Morgan fingerprint density at radius 2 is 2.33 bits per heavy atom. The van der Waals surface area contributed by atoms with E-state index in [9.17, 15) is 0 Å². The van der Waals surface area contributed by atoms with E-state index >= 15 is 0 Å². The van der Waals surface area contributed by atoms with Crippen LogP contribution >= 0.6 is 0 Å². The fraction of sp³-hybridized carbons (Fsp3) is 0. The molecule has 0 aliphatic heterocycles. The van der Waals surface area contributed by atoms with Crippen molar-refractivity contribution in [3.05, 3.63) is 18.7 Å². The number of aromatic amines is 1. The molecule has 3 heteroatoms. The molecule has 1 rings (SSSR count). The van der Waals surface area contributed by atoms with E-state index in [1.165, 1.54) is 0 Å². The molecule has 0 atom stereocenters. The van der Waals surface area contributed by atoms with Gasteiger partial charge in [0.2, 0.25) is 0 Å². The topological polar surface area (TPSA) is 28.7 Å². The minimum absolute atomic E-state index is 0. The van der Waals surface area contributed by atoms with Gasteiger partial charge in [0.25, 0.3) is 0 Å². The molecule has 1 radical (unpaired) electrons. The first-order valence-corrected chi connectivity index (χ1v) is 1.43. The quantitative estimate of drug-likeness (QED) is 0.508. The van der Waals surface area contributed by atoms with Gasteiger partial charge in [-0.15, -0.1) is 0 Å². The smallest absolute Gasteiger partial charge is 0.0919 e. The van der Waals surface area contributed by atoms with E-state index < -0.39 is 0 Å². The van der Waals surface area contributed by atoms with Crippen molar-refractivity contribution in [2.45, 2.75) is 0 Å². The predicted octanol–water partition coefficient (Wildman–Crippen LogP) is 0.407. The molecule has 2 nitrogen and oxygen atoms in total. The zero-order valence-corrected chi connectivity index (χ0v) is 3.92. The first-order chi connectivity index (χ1) is 2.50. The molecule has 0 aliphatic carbocycles. The number of aromatic nitrogens is 2. The maximum Gasteiger partial charge on any atom is 0.0919 e. The van der Waals surface area contributed by atoms with Gasteiger partial charge in [-0.05, 0) is 0 Å². The van der Waals surface area contributed by atoms with E-state index in [1.807, 2.05) is 0 Å². The number of nitrogens with zero attached hydrogens (tertiary/aromatic N) is 1. The second-order valence-electron chi connectivity index (χ2n) is 0.761. The van der Waals surface area contributed by atoms with E-state index in [1.54, 1.807) is 18.7 Å². The van der Waals surface area contributed by atoms with Crippen molar-refractivity contribution < 1.29 is 17.1 Å². The standard InChI is InChI=1S/C3H4N2.Cu/c1-2-5-3-4-1;/h1-3H,(H,4,5);. The minimum atomic E-state index is 0. The maximum absolute atomic E-state index is 3.67. The van der Waals surface area contributed by atoms with Gasteiger partial charge >= 0.3 is 0 Å². The molecule has 37 valence electrons. The molecule has 0 unspecified atom stereocenters. The van der Waals surface area contributed by atoms with Crippen molar-refractivity contribution in [3.8, 4) is 0 Å². The van der Waals surface area contributed by atoms with Crippen molar-refractivity contribution >= 4 is 0 Å². The van der Waals surface area contributed by atoms with Crippen LogP contribution in [0.1, 0.15) is 0 Å². The van der Waals surface area contributed by atoms with Gasteiger partial charge in [-0.25, -0.2) is 4.98 Å². The molecule has 1 N–H and O–H groups in total. The molecule has 6 heavy (non-hydrogen) atoms. The summed E-state index contributed by atoms with van der Waals surface area (Å²) in [6.07, 6.45) is 5.08. The van der Waals surface area contributed by atoms with E-state index in [0.717, 1.165) is 0 Å². The third-order valence-corrected chi connectivity index (χ3v) is 0.406. The van der Waals surface area contributed by atoms with Crippen LogP contribution < -0.4 is 0 Å². The Labute approximate surface area is 46.5 Å². The fourth-order valence-corrected chi connectivity index (χ4v) is 0.215. The first-order valence-electron chi connectivity index (χ1n) is 1.43. The number of nitrogens with one attached hydrogen (secondary N) is 1. The Morgan fingerprint density at radius 1 is 1.50 bits per heavy atom. The van der Waals surface area contributed by atoms with Crippen LogP contribution in [-0.2, 0) is 17.1 Å². The van der Waals surface area contributed by atoms with E-state index in [2.05, 4.69) is 9.97 Å². The van der Waals surface area contributed by atoms with Crippen LogP contribution in [0.25, 0.3) is 0 Å². The summed E-state index contributed by atoms with van der Waals surface area (Å²) in [7, 11) is 0. The minimum Gasteiger partial charge on any atom is -0.351 e. The van der Waals surface area contributed by atoms with Crippen molar-refractivity contribution in [3.63, 3.8) is 0 Å². The maximum atomic E-state index is 3.67. The number of hydrogen-bond acceptors (Lipinski definition) is 1. The molecule has 0 bridgehead atoms. The van der Waals surface area contributed by atoms with E-state index in [-0.39, 0.29) is 17.1 Å². The summed E-state index contributed by atoms with van der Waals surface area (Å²) < 4.78 is 0. The van der Waals surface area contributed by atoms with E-state index in [4.69, 9.17) is 0 Å². The molecular formula is C3H4CuN2. The molecule has 0 aromatic carbocycles. The van der Waals surface area contributed by atoms with Crippen molar-refractivity contribution in [2.24, 2.45) is 0 Å². The summed E-state index contributed by atoms with van der Waals surface area (Å²) in [5.74, 6) is 0. The molecule has 0 saturated carbocycles. The van der Waals surface area contributed by atoms with Gasteiger partial charge in [0.05, 0.1) is 6.33 Å². The summed E-state index contributed by atoms with van der Waals surface area (Å²) in [6, 6.07) is 0. The Balaban J connectivity index is 0.000000250. The average Bonchev–Trinajstić information content (AvgIpc) is 1.76. The second-order valence-corrected chi connectivity index (χ2v) is 0.761. The van der Waals surface area contributed by atoms with Gasteiger partial charge < -0.3 is 4.98 Å². The molecule has 0 aliphatic rings. The first kappa shape index (κ1) is 5.73. The molecule has 1 aromatic rings. The molecule has 1 heterocycles. The van der Waals surface area contributed by atoms with Crippen LogP contribution in [0.5, 0.6) is 0 Å². The van der Waals surface area contributed by atoms with Gasteiger partial charge in [-0.2, -0.15) is 0 Å². The number of imidazole rings is 1. The molecule has 1 aromatic heterocycles. The monoisotopic (exact) mass is 131 g/mol. The van der Waals surface area contributed by atoms with Gasteiger partial charge in [0, 0.05) is 29.5 Å². The summed E-state index contributed by atoms with van der Waals surface area (Å²) >= 11 is 0. The molecule has 0 amide bonds. The van der Waals surface area contributed by atoms with Crippen molar-refractivity contribution in [1.29, 1.82) is 0 Å². The molecule has 0 saturated heterocycles. The van der Waals surface area contributed by atoms with Crippen LogP contribution in [-0.4, -0.2) is 9.97 Å². The van der Waals surface area contributed by atoms with Crippen LogP contribution in [0.2, 0.25) is 0 Å². The van der Waals surface area contributed by atoms with Crippen LogP contribution in [0, 0.1) is 0 Å². The third kappa shape index (κ3) is 1.24. The summed E-state index contributed by atoms with van der Waals surface area (Å²) in [6.45, 7) is 0. The molecular weight excluding hydrogens is 128 g/mol. The van der Waals surface area contributed by atoms with Crippen molar-refractivity contribution in [2.75, 3.05) is 0 Å². The Morgan fingerprint density at radius 3 is 2.50 bits per heavy atom. The van der Waals surface area contributed by atoms with Crippen LogP contribution in [0.4, 0.5) is 0 Å². The largest absolute Gasteiger partial charge is 0.351 e. The summed E-state index contributed by atoms with van der Waals surface area (Å²) in [5, 5.41) is 0. The average molecular weight is 132 g/mol. The summed E-state index contributed by atoms with van der Waals surface area (Å²) in [4.78, 5) is 6.42. The van der Waals surface area contributed by atoms with Gasteiger partial charge in [0.1, 0.15) is 0 Å². The number of hydrogen-bond donors (Lipinski definition) is 1. The number of rotatable bonds is 0. The Kier molecular flexibility index (Phi) is 2.81. The fourth-order valence-electron chi connectivity index (χ4n) is 0.215. The van der Waals surface area contributed by atoms with Crippen LogP contribution in [0.15, 0.2) is 18.7 Å². The number of H-pyrrole nitrogens is 1. The molecule has 0 fully saturated rings. The normalized spacial score (nSPS) is 6.67. The Bertz CT molecular complexity index is 65.3. The second kappa shape index (κ2) is 2.94. The zero-order valence-electron chi connectivity index (χ0n) is 2.98. The summed E-state index contributed by atoms with van der Waals surface area (Å²) in [5.41, 5.74) is 0. The SMILES string of the molecule is [Cu].c1c[nH]cn1. The van der Waals surface area contributed by atoms with Gasteiger partial charge in [0.15, 0.2) is 0 Å². The van der Waals surface area contributed by atoms with E-state index in [0.29, 0.717) is 0 Å². The van der Waals surface area contributed by atoms with Crippen LogP contribution in [0.3, 0.4) is 0 Å².